The first-order chi connectivity index (χ1) is 46.9. The van der Waals surface area contributed by atoms with Gasteiger partial charge in [0.05, 0.1) is 51.1 Å². The molecule has 0 radical (unpaired) electrons. The molecule has 0 bridgehead atoms. The lowest BCUT2D eigenvalue weighted by Gasteiger charge is -2.32. The minimum absolute atomic E-state index is 0.334. The van der Waals surface area contributed by atoms with Crippen LogP contribution in [-0.2, 0) is 9.31 Å². The second kappa shape index (κ2) is 26.7. The Morgan fingerprint density at radius 1 is 0.312 bits per heavy atom. The van der Waals surface area contributed by atoms with Crippen LogP contribution in [0.4, 0.5) is 0 Å². The molecular formula is C82H60BBrN8O2S2. The van der Waals surface area contributed by atoms with E-state index < -0.39 is 0 Å². The fourth-order valence-electron chi connectivity index (χ4n) is 12.0. The molecule has 1 saturated heterocycles. The van der Waals surface area contributed by atoms with Crippen LogP contribution in [0, 0.1) is 0 Å². The molecule has 0 atom stereocenters. The highest BCUT2D eigenvalue weighted by molar-refractivity contribution is 9.10. The number of benzene rings is 6. The molecule has 16 aromatic rings. The average molecular weight is 1340 g/mol. The quantitative estimate of drug-likeness (QED) is 0.0966. The molecule has 96 heavy (non-hydrogen) atoms. The molecule has 0 spiro atoms. The van der Waals surface area contributed by atoms with Crippen molar-refractivity contribution in [3.8, 4) is 101 Å². The second-order valence-corrected chi connectivity index (χ2v) is 27.2. The van der Waals surface area contributed by atoms with E-state index in [1.807, 2.05) is 126 Å². The summed E-state index contributed by atoms with van der Waals surface area (Å²) in [7, 11) is -0.341. The average Bonchev–Trinajstić information content (AvgIpc) is 1.50. The summed E-state index contributed by atoms with van der Waals surface area (Å²) >= 11 is 7.15. The molecule has 6 aromatic carbocycles. The highest BCUT2D eigenvalue weighted by Crippen LogP contribution is 2.43. The van der Waals surface area contributed by atoms with E-state index in [0.717, 1.165) is 88.9 Å². The van der Waals surface area contributed by atoms with E-state index in [9.17, 15) is 0 Å². The van der Waals surface area contributed by atoms with Crippen LogP contribution in [0.3, 0.4) is 0 Å². The van der Waals surface area contributed by atoms with E-state index >= 15 is 0 Å². The minimum atomic E-state index is -0.341. The van der Waals surface area contributed by atoms with E-state index in [1.165, 1.54) is 62.6 Å². The Morgan fingerprint density at radius 2 is 0.677 bits per heavy atom. The lowest BCUT2D eigenvalue weighted by atomic mass is 9.78. The van der Waals surface area contributed by atoms with Gasteiger partial charge in [0, 0.05) is 129 Å². The molecule has 0 unspecified atom stereocenters. The van der Waals surface area contributed by atoms with E-state index in [-0.39, 0.29) is 18.3 Å². The number of aromatic nitrogens is 8. The fourth-order valence-corrected chi connectivity index (χ4v) is 14.8. The molecule has 0 saturated carbocycles. The van der Waals surface area contributed by atoms with Gasteiger partial charge in [0.25, 0.3) is 0 Å². The van der Waals surface area contributed by atoms with Gasteiger partial charge in [-0.2, -0.15) is 0 Å². The highest BCUT2D eigenvalue weighted by Gasteiger charge is 2.51. The number of halogens is 1. The van der Waals surface area contributed by atoms with Gasteiger partial charge in [0.15, 0.2) is 0 Å². The number of pyridine rings is 8. The molecule has 10 aromatic heterocycles. The van der Waals surface area contributed by atoms with Crippen molar-refractivity contribution >= 4 is 91.5 Å². The van der Waals surface area contributed by atoms with Crippen LogP contribution in [-0.4, -0.2) is 58.2 Å². The topological polar surface area (TPSA) is 122 Å². The van der Waals surface area contributed by atoms with Crippen LogP contribution >= 0.6 is 38.6 Å². The minimum Gasteiger partial charge on any atom is -0.399 e. The normalized spacial score (nSPS) is 13.1. The van der Waals surface area contributed by atoms with Gasteiger partial charge < -0.3 is 9.31 Å². The van der Waals surface area contributed by atoms with Crippen molar-refractivity contribution in [2.75, 3.05) is 0 Å². The van der Waals surface area contributed by atoms with Crippen LogP contribution in [0.2, 0.25) is 0 Å². The van der Waals surface area contributed by atoms with Gasteiger partial charge in [-0.3, -0.25) is 19.9 Å². The molecular weight excluding hydrogens is 1280 g/mol. The van der Waals surface area contributed by atoms with Gasteiger partial charge in [-0.25, -0.2) is 19.9 Å². The summed E-state index contributed by atoms with van der Waals surface area (Å²) in [5.41, 5.74) is 18.2. The number of hydrogen-bond donors (Lipinski definition) is 0. The summed E-state index contributed by atoms with van der Waals surface area (Å²) in [6.45, 7) is 8.37. The SMILES string of the molecule is Brc1cccc(-c2cc(-c3cccnc3)nc(-c3cccnc3)c2)n1.CC1(C)OB(c2cccc(-c3cccc4c3sc3ccccc34)c2)OC1(C)C.c1cncc(-c2cc(-c3cccc(-c4cccc(-c5cccc6c5sc5ccccc56)c4)n3)cc(-c3cccnc3)n2)c1. The zero-order valence-corrected chi connectivity index (χ0v) is 56.1. The molecule has 462 valence electrons. The zero-order chi connectivity index (χ0) is 65.2. The third kappa shape index (κ3) is 12.8. The maximum atomic E-state index is 6.26. The van der Waals surface area contributed by atoms with Gasteiger partial charge in [0.1, 0.15) is 4.60 Å². The Hall–Kier alpha value is -10.6. The smallest absolute Gasteiger partial charge is 0.399 e. The van der Waals surface area contributed by atoms with E-state index in [2.05, 4.69) is 232 Å². The Bertz CT molecular complexity index is 5350. The Balaban J connectivity index is 0.000000124. The van der Waals surface area contributed by atoms with E-state index in [0.29, 0.717) is 0 Å². The van der Waals surface area contributed by atoms with Gasteiger partial charge in [-0.1, -0.05) is 127 Å². The van der Waals surface area contributed by atoms with Crippen molar-refractivity contribution in [2.24, 2.45) is 0 Å². The van der Waals surface area contributed by atoms with E-state index in [1.54, 1.807) is 24.8 Å². The molecule has 1 fully saturated rings. The largest absolute Gasteiger partial charge is 0.494 e. The van der Waals surface area contributed by atoms with Crippen LogP contribution in [0.15, 0.2) is 297 Å². The van der Waals surface area contributed by atoms with Crippen molar-refractivity contribution in [3.63, 3.8) is 0 Å². The lowest BCUT2D eigenvalue weighted by Crippen LogP contribution is -2.41. The standard InChI is InChI=1S/C38H24N4S.C24H23BO2S.C20H13BrN4/c1-2-17-37-31(12-1)32-14-4-13-30(38(32)43-37)25-8-3-9-26(20-25)33-15-5-16-34(41-33)29-21-35(27-10-6-18-39-23-27)42-36(22-29)28-11-7-19-40-24-28;1-23(2)24(3,4)27-25(26-23)17-10-7-9-16(15-17)18-12-8-13-20-19-11-5-6-14-21(19)28-22(18)20;21-20-7-1-6-17(25-20)16-10-18(14-4-2-8-22-12-14)24-19(11-16)15-5-3-9-23-13-15/h1-24H;5-15H,1-4H3;1-13H. The van der Waals surface area contributed by atoms with Gasteiger partial charge in [0.2, 0.25) is 0 Å². The van der Waals surface area contributed by atoms with Gasteiger partial charge in [-0.15, -0.1) is 22.7 Å². The molecule has 10 nitrogen and oxygen atoms in total. The zero-order valence-electron chi connectivity index (χ0n) is 52.9. The monoisotopic (exact) mass is 1340 g/mol. The Labute approximate surface area is 573 Å². The van der Waals surface area contributed by atoms with Gasteiger partial charge >= 0.3 is 7.12 Å². The number of hydrogen-bond acceptors (Lipinski definition) is 12. The molecule has 1 aliphatic heterocycles. The van der Waals surface area contributed by atoms with Gasteiger partial charge in [-0.05, 0) is 187 Å². The summed E-state index contributed by atoms with van der Waals surface area (Å²) in [6.07, 6.45) is 14.4. The van der Waals surface area contributed by atoms with Crippen LogP contribution in [0.25, 0.3) is 141 Å². The molecule has 11 heterocycles. The maximum Gasteiger partial charge on any atom is 0.494 e. The molecule has 0 N–H and O–H groups in total. The number of thiophene rings is 2. The third-order valence-electron chi connectivity index (χ3n) is 17.5. The lowest BCUT2D eigenvalue weighted by molar-refractivity contribution is 0.00578. The fraction of sp³-hybridized carbons (Fsp3) is 0.0732. The van der Waals surface area contributed by atoms with Crippen molar-refractivity contribution in [1.29, 1.82) is 0 Å². The van der Waals surface area contributed by atoms with Crippen LogP contribution < -0.4 is 5.46 Å². The molecule has 0 amide bonds. The first-order valence-corrected chi connectivity index (χ1v) is 34.0. The number of nitrogens with zero attached hydrogens (tertiary/aromatic N) is 8. The summed E-state index contributed by atoms with van der Waals surface area (Å²) in [5.74, 6) is 0. The van der Waals surface area contributed by atoms with Crippen molar-refractivity contribution in [3.05, 3.63) is 297 Å². The van der Waals surface area contributed by atoms with Crippen molar-refractivity contribution in [1.82, 2.24) is 39.9 Å². The number of fused-ring (bicyclic) bond motifs is 6. The molecule has 0 aliphatic carbocycles. The van der Waals surface area contributed by atoms with Crippen LogP contribution in [0.1, 0.15) is 27.7 Å². The molecule has 14 heteroatoms. The van der Waals surface area contributed by atoms with E-state index in [4.69, 9.17) is 24.3 Å². The summed E-state index contributed by atoms with van der Waals surface area (Å²) in [5, 5.41) is 5.25. The summed E-state index contributed by atoms with van der Waals surface area (Å²) in [6, 6.07) is 83.8. The summed E-state index contributed by atoms with van der Waals surface area (Å²) < 4.78 is 18.6. The number of rotatable bonds is 10. The first kappa shape index (κ1) is 61.6. The maximum absolute atomic E-state index is 6.26. The molecule has 1 aliphatic rings. The second-order valence-electron chi connectivity index (χ2n) is 24.3. The predicted molar refractivity (Wildman–Crippen MR) is 400 cm³/mol. The molecule has 17 rings (SSSR count). The highest BCUT2D eigenvalue weighted by atomic mass is 79.9. The Morgan fingerprint density at radius 3 is 1.14 bits per heavy atom. The predicted octanol–water partition coefficient (Wildman–Crippen LogP) is 21.0. The Kier molecular flexibility index (Phi) is 17.1. The summed E-state index contributed by atoms with van der Waals surface area (Å²) in [4.78, 5) is 36.5. The first-order valence-electron chi connectivity index (χ1n) is 31.6. The third-order valence-corrected chi connectivity index (χ3v) is 20.4. The van der Waals surface area contributed by atoms with Crippen molar-refractivity contribution in [2.45, 2.75) is 38.9 Å². The van der Waals surface area contributed by atoms with Crippen LogP contribution in [0.5, 0.6) is 0 Å². The van der Waals surface area contributed by atoms with Crippen molar-refractivity contribution < 1.29 is 9.31 Å².